The van der Waals surface area contributed by atoms with Gasteiger partial charge in [0.2, 0.25) is 0 Å². The molecular weight excluding hydrogens is 262 g/mol. The first-order valence-electron chi connectivity index (χ1n) is 7.82. The van der Waals surface area contributed by atoms with Gasteiger partial charge >= 0.3 is 0 Å². The van der Waals surface area contributed by atoms with E-state index in [0.717, 1.165) is 23.9 Å². The summed E-state index contributed by atoms with van der Waals surface area (Å²) in [5, 5.41) is 8.73. The van der Waals surface area contributed by atoms with E-state index in [4.69, 9.17) is 9.84 Å². The van der Waals surface area contributed by atoms with E-state index in [-0.39, 0.29) is 6.61 Å². The van der Waals surface area contributed by atoms with Crippen LogP contribution in [0.5, 0.6) is 5.75 Å². The SMILES string of the molecule is CN(CCOc1cccc(C#CCCO)c1)C1CCCC1. The second kappa shape index (κ2) is 8.71. The molecule has 0 aliphatic heterocycles. The van der Waals surface area contributed by atoms with Gasteiger partial charge in [0.25, 0.3) is 0 Å². The molecule has 0 bridgehead atoms. The molecule has 2 rings (SSSR count). The number of aliphatic hydroxyl groups excluding tert-OH is 1. The first kappa shape index (κ1) is 15.9. The van der Waals surface area contributed by atoms with Crippen LogP contribution in [0.2, 0.25) is 0 Å². The molecule has 0 heterocycles. The molecule has 1 fully saturated rings. The molecule has 1 aliphatic carbocycles. The van der Waals surface area contributed by atoms with Gasteiger partial charge in [-0.15, -0.1) is 0 Å². The number of ether oxygens (including phenoxy) is 1. The highest BCUT2D eigenvalue weighted by atomic mass is 16.5. The van der Waals surface area contributed by atoms with Gasteiger partial charge in [0.05, 0.1) is 6.61 Å². The van der Waals surface area contributed by atoms with Crippen LogP contribution in [0.25, 0.3) is 0 Å². The van der Waals surface area contributed by atoms with Crippen molar-refractivity contribution in [2.45, 2.75) is 38.1 Å². The fourth-order valence-electron chi connectivity index (χ4n) is 2.72. The minimum atomic E-state index is 0.108. The molecule has 0 radical (unpaired) electrons. The summed E-state index contributed by atoms with van der Waals surface area (Å²) in [5.41, 5.74) is 0.935. The third-order valence-corrected chi connectivity index (χ3v) is 3.96. The summed E-state index contributed by atoms with van der Waals surface area (Å²) in [4.78, 5) is 2.41. The number of hydrogen-bond donors (Lipinski definition) is 1. The van der Waals surface area contributed by atoms with Gasteiger partial charge in [0.1, 0.15) is 12.4 Å². The maximum atomic E-state index is 8.73. The first-order chi connectivity index (χ1) is 10.3. The predicted molar refractivity (Wildman–Crippen MR) is 85.4 cm³/mol. The van der Waals surface area contributed by atoms with Crippen LogP contribution in [0.15, 0.2) is 24.3 Å². The second-order valence-corrected chi connectivity index (χ2v) is 5.57. The Morgan fingerprint density at radius 2 is 2.14 bits per heavy atom. The van der Waals surface area contributed by atoms with Crippen molar-refractivity contribution >= 4 is 0 Å². The van der Waals surface area contributed by atoms with Crippen LogP contribution >= 0.6 is 0 Å². The highest BCUT2D eigenvalue weighted by molar-refractivity contribution is 5.39. The Kier molecular flexibility index (Phi) is 6.59. The van der Waals surface area contributed by atoms with Crippen molar-refractivity contribution in [2.75, 3.05) is 26.8 Å². The van der Waals surface area contributed by atoms with Crippen molar-refractivity contribution in [2.24, 2.45) is 0 Å². The van der Waals surface area contributed by atoms with Crippen LogP contribution in [0, 0.1) is 11.8 Å². The molecule has 1 N–H and O–H groups in total. The van der Waals surface area contributed by atoms with Gasteiger partial charge in [-0.25, -0.2) is 0 Å². The van der Waals surface area contributed by atoms with Gasteiger partial charge in [-0.05, 0) is 38.1 Å². The molecule has 0 saturated heterocycles. The van der Waals surface area contributed by atoms with Crippen molar-refractivity contribution in [1.82, 2.24) is 4.90 Å². The molecule has 114 valence electrons. The molecule has 0 amide bonds. The normalized spacial score (nSPS) is 15.0. The van der Waals surface area contributed by atoms with Gasteiger partial charge in [0.15, 0.2) is 0 Å². The van der Waals surface area contributed by atoms with Crippen LogP contribution < -0.4 is 4.74 Å². The number of benzene rings is 1. The van der Waals surface area contributed by atoms with Crippen LogP contribution in [0.3, 0.4) is 0 Å². The second-order valence-electron chi connectivity index (χ2n) is 5.57. The van der Waals surface area contributed by atoms with Gasteiger partial charge in [-0.1, -0.05) is 30.7 Å². The molecule has 0 unspecified atom stereocenters. The van der Waals surface area contributed by atoms with E-state index >= 15 is 0 Å². The summed E-state index contributed by atoms with van der Waals surface area (Å²) in [6, 6.07) is 8.58. The van der Waals surface area contributed by atoms with E-state index in [1.165, 1.54) is 25.7 Å². The fourth-order valence-corrected chi connectivity index (χ4v) is 2.72. The van der Waals surface area contributed by atoms with Crippen molar-refractivity contribution in [1.29, 1.82) is 0 Å². The lowest BCUT2D eigenvalue weighted by Gasteiger charge is -2.23. The lowest BCUT2D eigenvalue weighted by Crippen LogP contribution is -2.32. The lowest BCUT2D eigenvalue weighted by atomic mass is 10.2. The lowest BCUT2D eigenvalue weighted by molar-refractivity contribution is 0.193. The minimum absolute atomic E-state index is 0.108. The van der Waals surface area contributed by atoms with Crippen molar-refractivity contribution in [3.8, 4) is 17.6 Å². The molecule has 1 aliphatic rings. The average molecular weight is 287 g/mol. The number of likely N-dealkylation sites (N-methyl/N-ethyl adjacent to an activating group) is 1. The fraction of sp³-hybridized carbons (Fsp3) is 0.556. The number of nitrogens with zero attached hydrogens (tertiary/aromatic N) is 1. The molecule has 21 heavy (non-hydrogen) atoms. The molecule has 1 aromatic rings. The van der Waals surface area contributed by atoms with E-state index in [1.54, 1.807) is 0 Å². The Bertz CT molecular complexity index is 483. The van der Waals surface area contributed by atoms with Crippen LogP contribution in [0.1, 0.15) is 37.7 Å². The van der Waals surface area contributed by atoms with E-state index < -0.39 is 0 Å². The van der Waals surface area contributed by atoms with E-state index in [0.29, 0.717) is 13.0 Å². The summed E-state index contributed by atoms with van der Waals surface area (Å²) in [6.07, 6.45) is 5.89. The van der Waals surface area contributed by atoms with E-state index in [2.05, 4.69) is 23.8 Å². The Balaban J connectivity index is 1.77. The number of rotatable bonds is 6. The number of hydrogen-bond acceptors (Lipinski definition) is 3. The number of aliphatic hydroxyl groups is 1. The molecule has 0 aromatic heterocycles. The maximum Gasteiger partial charge on any atom is 0.120 e. The van der Waals surface area contributed by atoms with Gasteiger partial charge in [-0.2, -0.15) is 0 Å². The molecule has 1 saturated carbocycles. The predicted octanol–water partition coefficient (Wildman–Crippen LogP) is 2.67. The van der Waals surface area contributed by atoms with E-state index in [1.807, 2.05) is 24.3 Å². The van der Waals surface area contributed by atoms with Crippen LogP contribution in [-0.4, -0.2) is 42.9 Å². The summed E-state index contributed by atoms with van der Waals surface area (Å²) >= 11 is 0. The zero-order valence-electron chi connectivity index (χ0n) is 12.8. The Morgan fingerprint density at radius 1 is 1.33 bits per heavy atom. The summed E-state index contributed by atoms with van der Waals surface area (Å²) < 4.78 is 5.82. The Hall–Kier alpha value is -1.50. The minimum Gasteiger partial charge on any atom is -0.492 e. The van der Waals surface area contributed by atoms with Crippen molar-refractivity contribution < 1.29 is 9.84 Å². The average Bonchev–Trinajstić information content (AvgIpc) is 3.02. The highest BCUT2D eigenvalue weighted by Gasteiger charge is 2.18. The van der Waals surface area contributed by atoms with Crippen LogP contribution in [0.4, 0.5) is 0 Å². The maximum absolute atomic E-state index is 8.73. The Morgan fingerprint density at radius 3 is 2.90 bits per heavy atom. The molecule has 3 heteroatoms. The summed E-state index contributed by atoms with van der Waals surface area (Å²) in [5.74, 6) is 6.82. The zero-order chi connectivity index (χ0) is 14.9. The zero-order valence-corrected chi connectivity index (χ0v) is 12.8. The molecule has 0 spiro atoms. The highest BCUT2D eigenvalue weighted by Crippen LogP contribution is 2.22. The van der Waals surface area contributed by atoms with Gasteiger partial charge in [-0.3, -0.25) is 0 Å². The third kappa shape index (κ3) is 5.41. The third-order valence-electron chi connectivity index (χ3n) is 3.96. The topological polar surface area (TPSA) is 32.7 Å². The largest absolute Gasteiger partial charge is 0.492 e. The smallest absolute Gasteiger partial charge is 0.120 e. The van der Waals surface area contributed by atoms with Crippen molar-refractivity contribution in [3.05, 3.63) is 29.8 Å². The first-order valence-corrected chi connectivity index (χ1v) is 7.82. The molecule has 0 atom stereocenters. The quantitative estimate of drug-likeness (QED) is 0.817. The van der Waals surface area contributed by atoms with Crippen molar-refractivity contribution in [3.63, 3.8) is 0 Å². The molecular formula is C18H25NO2. The van der Waals surface area contributed by atoms with Gasteiger partial charge < -0.3 is 14.7 Å². The summed E-state index contributed by atoms with van der Waals surface area (Å²) in [6.45, 7) is 1.78. The summed E-state index contributed by atoms with van der Waals surface area (Å²) in [7, 11) is 2.19. The van der Waals surface area contributed by atoms with Gasteiger partial charge in [0, 0.05) is 24.6 Å². The van der Waals surface area contributed by atoms with Crippen LogP contribution in [-0.2, 0) is 0 Å². The molecule has 1 aromatic carbocycles. The molecule has 3 nitrogen and oxygen atoms in total. The standard InChI is InChI=1S/C18H25NO2/c1-19(17-9-2-3-10-17)12-14-21-18-11-6-8-16(15-18)7-4-5-13-20/h6,8,11,15,17,20H,2-3,5,9-10,12-14H2,1H3. The Labute approximate surface area is 127 Å². The van der Waals surface area contributed by atoms with E-state index in [9.17, 15) is 0 Å². The monoisotopic (exact) mass is 287 g/mol.